The molecule has 0 aliphatic rings. The summed E-state index contributed by atoms with van der Waals surface area (Å²) in [6.07, 6.45) is 0. The Bertz CT molecular complexity index is 12.8. The van der Waals surface area contributed by atoms with Crippen LogP contribution in [0.5, 0.6) is 0 Å². The molecule has 0 bridgehead atoms. The minimum absolute atomic E-state index is 0. The Labute approximate surface area is 46.6 Å². The van der Waals surface area contributed by atoms with Gasteiger partial charge < -0.3 is 11.8 Å². The Balaban J connectivity index is -0.00000000500. The molecule has 0 aliphatic heterocycles. The molecule has 0 spiro atoms. The summed E-state index contributed by atoms with van der Waals surface area (Å²) < 4.78 is 0. The van der Waals surface area contributed by atoms with Gasteiger partial charge in [-0.1, -0.05) is 0 Å². The van der Waals surface area contributed by atoms with Crippen LogP contribution in [0.4, 0.5) is 0 Å². The van der Waals surface area contributed by atoms with Crippen LogP contribution in [-0.4, -0.2) is 17.4 Å². The molecule has 0 aliphatic carbocycles. The van der Waals surface area contributed by atoms with Gasteiger partial charge in [0.05, 0.1) is 0 Å². The molecule has 0 radical (unpaired) electrons. The van der Waals surface area contributed by atoms with Crippen molar-refractivity contribution in [1.82, 2.24) is 0 Å². The molecule has 0 atom stereocenters. The summed E-state index contributed by atoms with van der Waals surface area (Å²) in [6, 6.07) is 0. The van der Waals surface area contributed by atoms with Crippen molar-refractivity contribution in [1.29, 1.82) is 5.26 Å². The monoisotopic (exact) mass is 112 g/mol. The predicted octanol–water partition coefficient (Wildman–Crippen LogP) is -1.09. The van der Waals surface area contributed by atoms with Gasteiger partial charge in [0.2, 0.25) is 0 Å². The third kappa shape index (κ3) is 20.6. The first kappa shape index (κ1) is 24.0. The molecular formula is CH3AlFeN-. The van der Waals surface area contributed by atoms with E-state index in [0.717, 1.165) is 0 Å². The van der Waals surface area contributed by atoms with E-state index in [4.69, 9.17) is 11.8 Å². The normalized spacial score (nSPS) is 0.500. The largest absolute Gasteiger partial charge is 0.512 e. The van der Waals surface area contributed by atoms with E-state index in [1.165, 1.54) is 0 Å². The molecule has 0 aromatic heterocycles. The standard InChI is InChI=1S/CN.Al.Fe.3H/c1-2;;;;;/q-1;;;;;. The molecule has 3 heteroatoms. The number of hydrogen-bond acceptors (Lipinski definition) is 1. The average molecular weight is 112 g/mol. The van der Waals surface area contributed by atoms with Gasteiger partial charge >= 0.3 is 0 Å². The van der Waals surface area contributed by atoms with Gasteiger partial charge in [0.1, 0.15) is 0 Å². The van der Waals surface area contributed by atoms with Crippen LogP contribution < -0.4 is 0 Å². The Kier molecular flexibility index (Phi) is 467. The molecule has 1 nitrogen and oxygen atoms in total. The molecule has 24 valence electrons. The van der Waals surface area contributed by atoms with E-state index in [-0.39, 0.29) is 34.4 Å². The Morgan fingerprint density at radius 2 is 1.25 bits per heavy atom. The van der Waals surface area contributed by atoms with E-state index >= 15 is 0 Å². The zero-order valence-corrected chi connectivity index (χ0v) is 2.40. The molecular weight excluding hydrogens is 109 g/mol. The molecule has 0 aromatic carbocycles. The van der Waals surface area contributed by atoms with Crippen LogP contribution >= 0.6 is 0 Å². The topological polar surface area (TPSA) is 23.8 Å². The van der Waals surface area contributed by atoms with Gasteiger partial charge in [-0.05, 0) is 0 Å². The van der Waals surface area contributed by atoms with Crippen molar-refractivity contribution in [3.05, 3.63) is 6.57 Å². The Morgan fingerprint density at radius 3 is 1.25 bits per heavy atom. The first-order chi connectivity index (χ1) is 1.00. The third-order valence-corrected chi connectivity index (χ3v) is 0. The minimum Gasteiger partial charge on any atom is -0.512 e. The second-order valence-electron chi connectivity index (χ2n) is 0. The van der Waals surface area contributed by atoms with E-state index in [2.05, 4.69) is 0 Å². The fraction of sp³-hybridized carbons (Fsp3) is 0. The molecule has 0 amide bonds. The van der Waals surface area contributed by atoms with E-state index in [0.29, 0.717) is 0 Å². The van der Waals surface area contributed by atoms with E-state index in [1.54, 1.807) is 0 Å². The van der Waals surface area contributed by atoms with Gasteiger partial charge in [0, 0.05) is 17.1 Å². The Hall–Kier alpha value is 0.542. The average Bonchev–Trinajstić information content (AvgIpc) is 1.00. The maximum atomic E-state index is 6.25. The fourth-order valence-electron chi connectivity index (χ4n) is 0. The summed E-state index contributed by atoms with van der Waals surface area (Å²) in [5.74, 6) is 0. The fourth-order valence-corrected chi connectivity index (χ4v) is 0. The third-order valence-electron chi connectivity index (χ3n) is 0. The van der Waals surface area contributed by atoms with Gasteiger partial charge in [-0.15, -0.1) is 0 Å². The number of nitrogens with zero attached hydrogens (tertiary/aromatic N) is 1. The molecule has 0 rings (SSSR count). The zero-order chi connectivity index (χ0) is 2.00. The predicted molar refractivity (Wildman–Crippen MR) is 14.9 cm³/mol. The van der Waals surface area contributed by atoms with Crippen molar-refractivity contribution >= 4 is 17.4 Å². The number of rotatable bonds is 0. The smallest absolute Gasteiger partial charge is 0.187 e. The molecule has 4 heavy (non-hydrogen) atoms. The van der Waals surface area contributed by atoms with Crippen LogP contribution in [0, 0.1) is 11.8 Å². The van der Waals surface area contributed by atoms with Crippen molar-refractivity contribution < 1.29 is 17.1 Å². The molecule has 0 saturated heterocycles. The van der Waals surface area contributed by atoms with Crippen LogP contribution in [0.25, 0.3) is 0 Å². The van der Waals surface area contributed by atoms with Crippen LogP contribution in [0.2, 0.25) is 0 Å². The van der Waals surface area contributed by atoms with Crippen LogP contribution in [0.3, 0.4) is 0 Å². The molecule has 0 N–H and O–H groups in total. The summed E-state index contributed by atoms with van der Waals surface area (Å²) in [6.45, 7) is 4.75. The van der Waals surface area contributed by atoms with Crippen LogP contribution in [0.15, 0.2) is 0 Å². The van der Waals surface area contributed by atoms with Gasteiger partial charge in [0.25, 0.3) is 0 Å². The molecule has 0 saturated carbocycles. The Morgan fingerprint density at radius 1 is 1.25 bits per heavy atom. The van der Waals surface area contributed by atoms with E-state index in [9.17, 15) is 0 Å². The van der Waals surface area contributed by atoms with Crippen molar-refractivity contribution in [2.24, 2.45) is 0 Å². The number of hydrogen-bond donors (Lipinski definition) is 0. The maximum absolute atomic E-state index is 6.25. The zero-order valence-electron chi connectivity index (χ0n) is 1.30. The molecule has 0 unspecified atom stereocenters. The van der Waals surface area contributed by atoms with Crippen molar-refractivity contribution in [3.63, 3.8) is 0 Å². The van der Waals surface area contributed by atoms with Gasteiger partial charge in [0.15, 0.2) is 17.4 Å². The van der Waals surface area contributed by atoms with Gasteiger partial charge in [-0.25, -0.2) is 0 Å². The second kappa shape index (κ2) is 77.9. The quantitative estimate of drug-likeness (QED) is 0.288. The first-order valence-corrected chi connectivity index (χ1v) is 0.224. The summed E-state index contributed by atoms with van der Waals surface area (Å²) in [5, 5.41) is 6.25. The summed E-state index contributed by atoms with van der Waals surface area (Å²) in [7, 11) is 0. The SMILES string of the molecule is [AlH3].[C-]#N.[Fe]. The van der Waals surface area contributed by atoms with Crippen LogP contribution in [-0.2, 0) is 17.1 Å². The van der Waals surface area contributed by atoms with E-state index in [1.807, 2.05) is 0 Å². The van der Waals surface area contributed by atoms with Crippen molar-refractivity contribution in [3.8, 4) is 0 Å². The van der Waals surface area contributed by atoms with Crippen molar-refractivity contribution in [2.75, 3.05) is 0 Å². The van der Waals surface area contributed by atoms with Crippen molar-refractivity contribution in [2.45, 2.75) is 0 Å². The maximum Gasteiger partial charge on any atom is 0.187 e. The second-order valence-corrected chi connectivity index (χ2v) is 0. The molecule has 0 heterocycles. The van der Waals surface area contributed by atoms with Gasteiger partial charge in [-0.3, -0.25) is 0 Å². The van der Waals surface area contributed by atoms with Crippen LogP contribution in [0.1, 0.15) is 0 Å². The minimum atomic E-state index is 0. The summed E-state index contributed by atoms with van der Waals surface area (Å²) in [4.78, 5) is 0. The summed E-state index contributed by atoms with van der Waals surface area (Å²) in [5.41, 5.74) is 0. The molecule has 0 aromatic rings. The summed E-state index contributed by atoms with van der Waals surface area (Å²) >= 11 is 0. The molecule has 0 fully saturated rings. The van der Waals surface area contributed by atoms with Gasteiger partial charge in [-0.2, -0.15) is 0 Å². The first-order valence-electron chi connectivity index (χ1n) is 0.224. The van der Waals surface area contributed by atoms with E-state index < -0.39 is 0 Å².